The predicted molar refractivity (Wildman–Crippen MR) is 50.3 cm³/mol. The number of carbonyl (C=O) groups excluding carboxylic acids is 1. The number of alkyl halides is 1. The van der Waals surface area contributed by atoms with Gasteiger partial charge >= 0.3 is 0 Å². The molecule has 0 heterocycles. The monoisotopic (exact) mass is 189 g/mol. The van der Waals surface area contributed by atoms with E-state index in [1.165, 1.54) is 0 Å². The molecule has 1 fully saturated rings. The molecular formula is C9H16ClNO. The Morgan fingerprint density at radius 1 is 1.50 bits per heavy atom. The number of rotatable bonds is 2. The Labute approximate surface area is 78.7 Å². The van der Waals surface area contributed by atoms with Crippen LogP contribution in [-0.4, -0.2) is 17.3 Å². The molecule has 1 aliphatic carbocycles. The molecule has 2 atom stereocenters. The zero-order valence-electron chi connectivity index (χ0n) is 7.64. The highest BCUT2D eigenvalue weighted by molar-refractivity contribution is 6.21. The van der Waals surface area contributed by atoms with Gasteiger partial charge in [0.2, 0.25) is 5.91 Å². The van der Waals surface area contributed by atoms with Gasteiger partial charge in [-0.25, -0.2) is 0 Å². The molecule has 1 saturated carbocycles. The van der Waals surface area contributed by atoms with Crippen LogP contribution in [0.4, 0.5) is 0 Å². The molecule has 70 valence electrons. The summed E-state index contributed by atoms with van der Waals surface area (Å²) in [5.74, 6) is 0.182. The van der Waals surface area contributed by atoms with Gasteiger partial charge in [-0.3, -0.25) is 4.79 Å². The summed E-state index contributed by atoms with van der Waals surface area (Å²) in [5, 5.41) is 3.10. The first-order valence-corrected chi connectivity index (χ1v) is 4.99. The quantitative estimate of drug-likeness (QED) is 0.661. The number of amides is 1. The summed E-state index contributed by atoms with van der Waals surface area (Å²) in [7, 11) is 0. The Balaban J connectivity index is 2.35. The first-order valence-electron chi connectivity index (χ1n) is 4.55. The van der Waals surface area contributed by atoms with E-state index in [-0.39, 0.29) is 23.2 Å². The minimum Gasteiger partial charge on any atom is -0.352 e. The van der Waals surface area contributed by atoms with Crippen LogP contribution in [0.1, 0.15) is 33.1 Å². The minimum atomic E-state index is 0.0643. The second kappa shape index (κ2) is 4.13. The first kappa shape index (κ1) is 9.85. The van der Waals surface area contributed by atoms with E-state index in [2.05, 4.69) is 5.32 Å². The summed E-state index contributed by atoms with van der Waals surface area (Å²) >= 11 is 6.01. The van der Waals surface area contributed by atoms with Crippen molar-refractivity contribution >= 4 is 17.5 Å². The first-order chi connectivity index (χ1) is 5.61. The molecule has 0 bridgehead atoms. The molecule has 0 radical (unpaired) electrons. The van der Waals surface area contributed by atoms with E-state index in [9.17, 15) is 4.79 Å². The van der Waals surface area contributed by atoms with Crippen molar-refractivity contribution in [3.8, 4) is 0 Å². The lowest BCUT2D eigenvalue weighted by molar-refractivity contribution is -0.124. The van der Waals surface area contributed by atoms with Gasteiger partial charge in [0, 0.05) is 12.0 Å². The third kappa shape index (κ3) is 2.37. The number of hydrogen-bond acceptors (Lipinski definition) is 1. The van der Waals surface area contributed by atoms with E-state index in [0.717, 1.165) is 19.3 Å². The van der Waals surface area contributed by atoms with Crippen molar-refractivity contribution in [3.63, 3.8) is 0 Å². The molecule has 1 rings (SSSR count). The molecule has 1 N–H and O–H groups in total. The van der Waals surface area contributed by atoms with Crippen molar-refractivity contribution in [1.82, 2.24) is 5.32 Å². The molecule has 12 heavy (non-hydrogen) atoms. The SMILES string of the molecule is CC(C)C(=O)NC1CCCC1Cl. The topological polar surface area (TPSA) is 29.1 Å². The Morgan fingerprint density at radius 3 is 2.58 bits per heavy atom. The fourth-order valence-corrected chi connectivity index (χ4v) is 1.77. The van der Waals surface area contributed by atoms with Crippen LogP contribution in [0.2, 0.25) is 0 Å². The van der Waals surface area contributed by atoms with Gasteiger partial charge in [-0.2, -0.15) is 0 Å². The predicted octanol–water partition coefficient (Wildman–Crippen LogP) is 1.92. The Bertz CT molecular complexity index is 170. The van der Waals surface area contributed by atoms with E-state index in [0.29, 0.717) is 0 Å². The molecule has 1 aliphatic rings. The average molecular weight is 190 g/mol. The van der Waals surface area contributed by atoms with Crippen molar-refractivity contribution in [2.75, 3.05) is 0 Å². The summed E-state index contributed by atoms with van der Waals surface area (Å²) in [6, 6.07) is 0.210. The van der Waals surface area contributed by atoms with E-state index in [4.69, 9.17) is 11.6 Å². The van der Waals surface area contributed by atoms with Crippen LogP contribution < -0.4 is 5.32 Å². The van der Waals surface area contributed by atoms with Crippen LogP contribution >= 0.6 is 11.6 Å². The van der Waals surface area contributed by atoms with Crippen molar-refractivity contribution in [1.29, 1.82) is 0 Å². The molecular weight excluding hydrogens is 174 g/mol. The third-order valence-electron chi connectivity index (χ3n) is 2.28. The van der Waals surface area contributed by atoms with Gasteiger partial charge in [0.15, 0.2) is 0 Å². The average Bonchev–Trinajstić information content (AvgIpc) is 2.36. The number of hydrogen-bond donors (Lipinski definition) is 1. The van der Waals surface area contributed by atoms with Gasteiger partial charge in [-0.1, -0.05) is 13.8 Å². The molecule has 2 unspecified atom stereocenters. The molecule has 0 aliphatic heterocycles. The number of halogens is 1. The van der Waals surface area contributed by atoms with E-state index < -0.39 is 0 Å². The van der Waals surface area contributed by atoms with Crippen molar-refractivity contribution in [3.05, 3.63) is 0 Å². The fraction of sp³-hybridized carbons (Fsp3) is 0.889. The van der Waals surface area contributed by atoms with Crippen LogP contribution in [-0.2, 0) is 4.79 Å². The van der Waals surface area contributed by atoms with E-state index in [1.807, 2.05) is 13.8 Å². The Hall–Kier alpha value is -0.240. The molecule has 0 aromatic rings. The lowest BCUT2D eigenvalue weighted by Crippen LogP contribution is -2.40. The highest BCUT2D eigenvalue weighted by atomic mass is 35.5. The van der Waals surface area contributed by atoms with Crippen LogP contribution in [0, 0.1) is 5.92 Å². The molecule has 2 nitrogen and oxygen atoms in total. The zero-order valence-corrected chi connectivity index (χ0v) is 8.40. The van der Waals surface area contributed by atoms with Crippen molar-refractivity contribution in [2.45, 2.75) is 44.5 Å². The largest absolute Gasteiger partial charge is 0.352 e. The van der Waals surface area contributed by atoms with Gasteiger partial charge in [0.25, 0.3) is 0 Å². The highest BCUT2D eigenvalue weighted by Crippen LogP contribution is 2.24. The Morgan fingerprint density at radius 2 is 2.17 bits per heavy atom. The van der Waals surface area contributed by atoms with Gasteiger partial charge in [-0.15, -0.1) is 11.6 Å². The third-order valence-corrected chi connectivity index (χ3v) is 2.81. The second-order valence-electron chi connectivity index (χ2n) is 3.72. The summed E-state index contributed by atoms with van der Waals surface area (Å²) in [5.41, 5.74) is 0. The summed E-state index contributed by atoms with van der Waals surface area (Å²) < 4.78 is 0. The van der Waals surface area contributed by atoms with Gasteiger partial charge in [0.05, 0.1) is 5.38 Å². The maximum absolute atomic E-state index is 11.3. The standard InChI is InChI=1S/C9H16ClNO/c1-6(2)9(12)11-8-5-3-4-7(8)10/h6-8H,3-5H2,1-2H3,(H,11,12). The molecule has 0 saturated heterocycles. The fourth-order valence-electron chi connectivity index (χ4n) is 1.43. The normalized spacial score (nSPS) is 29.3. The maximum atomic E-state index is 11.3. The van der Waals surface area contributed by atoms with Gasteiger partial charge in [-0.05, 0) is 19.3 Å². The van der Waals surface area contributed by atoms with Crippen LogP contribution in [0.15, 0.2) is 0 Å². The zero-order chi connectivity index (χ0) is 9.14. The molecule has 3 heteroatoms. The van der Waals surface area contributed by atoms with E-state index in [1.54, 1.807) is 0 Å². The van der Waals surface area contributed by atoms with Crippen LogP contribution in [0.3, 0.4) is 0 Å². The molecule has 0 spiro atoms. The van der Waals surface area contributed by atoms with Gasteiger partial charge < -0.3 is 5.32 Å². The minimum absolute atomic E-state index is 0.0643. The maximum Gasteiger partial charge on any atom is 0.222 e. The molecule has 0 aromatic carbocycles. The second-order valence-corrected chi connectivity index (χ2v) is 4.28. The summed E-state index contributed by atoms with van der Waals surface area (Å²) in [6.07, 6.45) is 3.20. The van der Waals surface area contributed by atoms with Crippen molar-refractivity contribution < 1.29 is 4.79 Å². The van der Waals surface area contributed by atoms with Crippen LogP contribution in [0.25, 0.3) is 0 Å². The molecule has 0 aromatic heterocycles. The lowest BCUT2D eigenvalue weighted by Gasteiger charge is -2.17. The summed E-state index contributed by atoms with van der Waals surface area (Å²) in [4.78, 5) is 11.3. The van der Waals surface area contributed by atoms with Crippen LogP contribution in [0.5, 0.6) is 0 Å². The van der Waals surface area contributed by atoms with E-state index >= 15 is 0 Å². The number of nitrogens with one attached hydrogen (secondary N) is 1. The highest BCUT2D eigenvalue weighted by Gasteiger charge is 2.26. The lowest BCUT2D eigenvalue weighted by atomic mass is 10.1. The molecule has 1 amide bonds. The summed E-state index contributed by atoms with van der Waals surface area (Å²) in [6.45, 7) is 3.79. The Kier molecular flexibility index (Phi) is 3.39. The van der Waals surface area contributed by atoms with Crippen molar-refractivity contribution in [2.24, 2.45) is 5.92 Å². The van der Waals surface area contributed by atoms with Gasteiger partial charge in [0.1, 0.15) is 0 Å². The number of carbonyl (C=O) groups is 1. The smallest absolute Gasteiger partial charge is 0.222 e.